The van der Waals surface area contributed by atoms with E-state index in [2.05, 4.69) is 15.6 Å². The molecule has 1 aromatic carbocycles. The van der Waals surface area contributed by atoms with Gasteiger partial charge in [-0.2, -0.15) is 0 Å². The lowest BCUT2D eigenvalue weighted by molar-refractivity contribution is -0.147. The second-order valence-corrected chi connectivity index (χ2v) is 10.1. The topological polar surface area (TPSA) is 115 Å². The van der Waals surface area contributed by atoms with E-state index in [4.69, 9.17) is 0 Å². The number of thiazole rings is 1. The molecule has 176 valence electrons. The molecule has 0 bridgehead atoms. The predicted octanol–water partition coefficient (Wildman–Crippen LogP) is 2.28. The number of nitrogens with zero attached hydrogens (tertiary/aromatic N) is 3. The van der Waals surface area contributed by atoms with Gasteiger partial charge < -0.3 is 25.5 Å². The Morgan fingerprint density at radius 2 is 1.82 bits per heavy atom. The van der Waals surface area contributed by atoms with E-state index in [9.17, 15) is 19.5 Å². The van der Waals surface area contributed by atoms with Gasteiger partial charge in [-0.05, 0) is 50.3 Å². The molecule has 33 heavy (non-hydrogen) atoms. The molecule has 0 unspecified atom stereocenters. The third kappa shape index (κ3) is 5.69. The normalized spacial score (nSPS) is 16.5. The van der Waals surface area contributed by atoms with Crippen LogP contribution < -0.4 is 10.6 Å². The summed E-state index contributed by atoms with van der Waals surface area (Å²) in [6.45, 7) is 5.32. The molecule has 0 radical (unpaired) electrons. The Bertz CT molecular complexity index is 1000. The molecule has 0 atom stereocenters. The molecule has 0 saturated carbocycles. The maximum Gasteiger partial charge on any atom is 0.322 e. The highest BCUT2D eigenvalue weighted by atomic mass is 32.1. The van der Waals surface area contributed by atoms with E-state index >= 15 is 0 Å². The zero-order valence-electron chi connectivity index (χ0n) is 18.8. The third-order valence-electron chi connectivity index (χ3n) is 5.98. The monoisotopic (exact) mass is 471 g/mol. The van der Waals surface area contributed by atoms with E-state index in [-0.39, 0.29) is 12.6 Å². The SMILES string of the molecule is CC(C)(O)CNC(=O)C(=O)N1CCC(c2ccc(NC(=O)N3Cc4ncsc4C3)cc2)CC1. The van der Waals surface area contributed by atoms with Crippen molar-refractivity contribution in [1.29, 1.82) is 0 Å². The van der Waals surface area contributed by atoms with Gasteiger partial charge in [0.1, 0.15) is 0 Å². The van der Waals surface area contributed by atoms with E-state index in [0.29, 0.717) is 32.1 Å². The average Bonchev–Trinajstić information content (AvgIpc) is 3.40. The van der Waals surface area contributed by atoms with Crippen LogP contribution in [0.5, 0.6) is 0 Å². The van der Waals surface area contributed by atoms with Crippen LogP contribution in [0.2, 0.25) is 0 Å². The number of anilines is 1. The quantitative estimate of drug-likeness (QED) is 0.592. The van der Waals surface area contributed by atoms with Crippen LogP contribution in [0.15, 0.2) is 29.8 Å². The van der Waals surface area contributed by atoms with Crippen molar-refractivity contribution in [3.63, 3.8) is 0 Å². The fourth-order valence-electron chi connectivity index (χ4n) is 4.08. The Hall–Kier alpha value is -2.98. The standard InChI is InChI=1S/C23H29N5O4S/c1-23(2,32)13-24-20(29)21(30)27-9-7-16(8-10-27)15-3-5-17(6-4-15)26-22(31)28-11-18-19(12-28)33-14-25-18/h3-6,14,16,32H,7-13H2,1-2H3,(H,24,29)(H,26,31). The zero-order valence-corrected chi connectivity index (χ0v) is 19.7. The first-order valence-corrected chi connectivity index (χ1v) is 11.9. The first-order valence-electron chi connectivity index (χ1n) is 11.1. The maximum absolute atomic E-state index is 12.5. The molecule has 3 N–H and O–H groups in total. The van der Waals surface area contributed by atoms with Crippen molar-refractivity contribution in [3.8, 4) is 0 Å². The third-order valence-corrected chi connectivity index (χ3v) is 6.84. The molecular weight excluding hydrogens is 442 g/mol. The number of aliphatic hydroxyl groups is 1. The Labute approximate surface area is 196 Å². The van der Waals surface area contributed by atoms with E-state index < -0.39 is 17.4 Å². The van der Waals surface area contributed by atoms with Crippen molar-refractivity contribution in [1.82, 2.24) is 20.1 Å². The van der Waals surface area contributed by atoms with Crippen LogP contribution in [0.4, 0.5) is 10.5 Å². The molecule has 2 aliphatic rings. The number of rotatable bonds is 4. The van der Waals surface area contributed by atoms with Gasteiger partial charge in [0.05, 0.1) is 29.9 Å². The van der Waals surface area contributed by atoms with Crippen molar-refractivity contribution >= 4 is 34.9 Å². The summed E-state index contributed by atoms with van der Waals surface area (Å²) in [5, 5.41) is 15.1. The molecule has 10 heteroatoms. The second-order valence-electron chi connectivity index (χ2n) is 9.19. The van der Waals surface area contributed by atoms with Crippen LogP contribution >= 0.6 is 11.3 Å². The molecule has 0 spiro atoms. The molecule has 3 heterocycles. The molecule has 1 saturated heterocycles. The van der Waals surface area contributed by atoms with Gasteiger partial charge in [-0.25, -0.2) is 9.78 Å². The smallest absolute Gasteiger partial charge is 0.322 e. The van der Waals surface area contributed by atoms with Crippen LogP contribution in [-0.2, 0) is 22.7 Å². The Morgan fingerprint density at radius 1 is 1.12 bits per heavy atom. The average molecular weight is 472 g/mol. The van der Waals surface area contributed by atoms with E-state index in [1.807, 2.05) is 29.8 Å². The van der Waals surface area contributed by atoms with E-state index in [1.165, 1.54) is 0 Å². The van der Waals surface area contributed by atoms with Gasteiger partial charge in [0, 0.05) is 30.2 Å². The van der Waals surface area contributed by atoms with Gasteiger partial charge in [0.15, 0.2) is 0 Å². The van der Waals surface area contributed by atoms with E-state index in [1.54, 1.807) is 35.0 Å². The van der Waals surface area contributed by atoms with Crippen molar-refractivity contribution in [2.45, 2.75) is 51.3 Å². The number of aromatic nitrogens is 1. The fraction of sp³-hybridized carbons (Fsp3) is 0.478. The summed E-state index contributed by atoms with van der Waals surface area (Å²) in [4.78, 5) is 45.7. The largest absolute Gasteiger partial charge is 0.389 e. The van der Waals surface area contributed by atoms with Crippen molar-refractivity contribution in [2.75, 3.05) is 25.0 Å². The molecule has 4 rings (SSSR count). The van der Waals surface area contributed by atoms with E-state index in [0.717, 1.165) is 34.7 Å². The number of likely N-dealkylation sites (tertiary alicyclic amines) is 1. The summed E-state index contributed by atoms with van der Waals surface area (Å²) in [6.07, 6.45) is 1.53. The highest BCUT2D eigenvalue weighted by Gasteiger charge is 2.29. The second kappa shape index (κ2) is 9.48. The number of fused-ring (bicyclic) bond motifs is 1. The number of urea groups is 1. The Morgan fingerprint density at radius 3 is 2.45 bits per heavy atom. The molecule has 0 aliphatic carbocycles. The number of amides is 4. The van der Waals surface area contributed by atoms with Crippen LogP contribution in [0.1, 0.15) is 48.7 Å². The molecular formula is C23H29N5O4S. The van der Waals surface area contributed by atoms with Gasteiger partial charge in [-0.15, -0.1) is 11.3 Å². The summed E-state index contributed by atoms with van der Waals surface area (Å²) in [6, 6.07) is 7.69. The van der Waals surface area contributed by atoms with Crippen LogP contribution in [0.25, 0.3) is 0 Å². The maximum atomic E-state index is 12.5. The van der Waals surface area contributed by atoms with Crippen molar-refractivity contribution in [2.24, 2.45) is 0 Å². The molecule has 1 aromatic heterocycles. The molecule has 2 aliphatic heterocycles. The molecule has 2 aromatic rings. The van der Waals surface area contributed by atoms with Gasteiger partial charge in [-0.3, -0.25) is 9.59 Å². The van der Waals surface area contributed by atoms with Gasteiger partial charge >= 0.3 is 17.8 Å². The van der Waals surface area contributed by atoms with Gasteiger partial charge in [-0.1, -0.05) is 12.1 Å². The molecule has 1 fully saturated rings. The zero-order chi connectivity index (χ0) is 23.6. The minimum absolute atomic E-state index is 0.0282. The number of piperidine rings is 1. The predicted molar refractivity (Wildman–Crippen MR) is 125 cm³/mol. The fourth-order valence-corrected chi connectivity index (χ4v) is 4.87. The van der Waals surface area contributed by atoms with Gasteiger partial charge in [0.25, 0.3) is 0 Å². The van der Waals surface area contributed by atoms with Crippen LogP contribution in [0, 0.1) is 0 Å². The minimum atomic E-state index is -1.06. The Kier molecular flexibility index (Phi) is 6.66. The van der Waals surface area contributed by atoms with Crippen molar-refractivity contribution in [3.05, 3.63) is 45.9 Å². The number of hydrogen-bond donors (Lipinski definition) is 3. The first kappa shape index (κ1) is 23.2. The summed E-state index contributed by atoms with van der Waals surface area (Å²) < 4.78 is 0. The van der Waals surface area contributed by atoms with Crippen LogP contribution in [0.3, 0.4) is 0 Å². The Balaban J connectivity index is 1.24. The van der Waals surface area contributed by atoms with Gasteiger partial charge in [0.2, 0.25) is 0 Å². The summed E-state index contributed by atoms with van der Waals surface area (Å²) in [7, 11) is 0. The molecule has 4 amide bonds. The lowest BCUT2D eigenvalue weighted by Crippen LogP contribution is -2.48. The number of benzene rings is 1. The first-order chi connectivity index (χ1) is 15.7. The molecule has 9 nitrogen and oxygen atoms in total. The highest BCUT2D eigenvalue weighted by molar-refractivity contribution is 7.09. The number of carbonyl (C=O) groups is 3. The van der Waals surface area contributed by atoms with Crippen LogP contribution in [-0.4, -0.2) is 63.0 Å². The number of carbonyl (C=O) groups excluding carboxylic acids is 3. The lowest BCUT2D eigenvalue weighted by atomic mass is 9.89. The minimum Gasteiger partial charge on any atom is -0.389 e. The highest BCUT2D eigenvalue weighted by Crippen LogP contribution is 2.29. The van der Waals surface area contributed by atoms with Crippen molar-refractivity contribution < 1.29 is 19.5 Å². The summed E-state index contributed by atoms with van der Waals surface area (Å²) in [5.74, 6) is -0.944. The lowest BCUT2D eigenvalue weighted by Gasteiger charge is -2.32. The number of nitrogens with one attached hydrogen (secondary N) is 2. The number of hydrogen-bond acceptors (Lipinski definition) is 6. The summed E-state index contributed by atoms with van der Waals surface area (Å²) in [5.41, 5.74) is 3.62. The summed E-state index contributed by atoms with van der Waals surface area (Å²) >= 11 is 1.57.